The molecule has 0 aromatic heterocycles. The first-order valence-electron chi connectivity index (χ1n) is 3.00. The Morgan fingerprint density at radius 3 is 0.750 bits per heavy atom. The number of hydrogen-bond donors (Lipinski definition) is 1. The van der Waals surface area contributed by atoms with Crippen LogP contribution in [-0.2, 0) is 0 Å². The minimum Gasteiger partial charge on any atom is -0.412 e. The fourth-order valence-corrected chi connectivity index (χ4v) is 1.06. The first-order chi connectivity index (χ1) is 3.00. The second kappa shape index (κ2) is 6.92. The van der Waals surface area contributed by atoms with Crippen LogP contribution in [0.15, 0.2) is 0 Å². The second-order valence-electron chi connectivity index (χ2n) is 2.12. The average Bonchev–Trinajstić information content (AvgIpc) is 1.72. The molecule has 0 aromatic carbocycles. The smallest absolute Gasteiger partial charge is 0.0533 e. The van der Waals surface area contributed by atoms with Crippen molar-refractivity contribution in [1.82, 2.24) is 6.15 Å². The molecule has 0 aliphatic heterocycles. The summed E-state index contributed by atoms with van der Waals surface area (Å²) in [5, 5.41) is 0. The molecule has 8 heavy (non-hydrogen) atoms. The largest absolute Gasteiger partial charge is 0.412 e. The third kappa shape index (κ3) is 4.09. The zero-order chi connectivity index (χ0) is 4.24. The van der Waals surface area contributed by atoms with Gasteiger partial charge in [-0.2, -0.15) is 0 Å². The number of rotatable bonds is 0. The fourth-order valence-electron chi connectivity index (χ4n) is 1.06. The fraction of sp³-hybridized carbons (Fsp3) is 1.00. The summed E-state index contributed by atoms with van der Waals surface area (Å²) in [4.78, 5) is 0. The van der Waals surface area contributed by atoms with E-state index in [1.165, 1.54) is 38.5 Å². The Bertz CT molecular complexity index is 24.0. The maximum absolute atomic E-state index is 1.50. The van der Waals surface area contributed by atoms with E-state index in [2.05, 4.69) is 0 Å². The van der Waals surface area contributed by atoms with Gasteiger partial charge in [0.1, 0.15) is 0 Å². The van der Waals surface area contributed by atoms with Crippen molar-refractivity contribution in [3.05, 3.63) is 0 Å². The maximum Gasteiger partial charge on any atom is -0.0533 e. The Morgan fingerprint density at radius 2 is 0.625 bits per heavy atom. The Kier molecular flexibility index (Phi) is 9.36. The highest BCUT2D eigenvalue weighted by Crippen LogP contribution is 2.15. The summed E-state index contributed by atoms with van der Waals surface area (Å²) in [7, 11) is 0. The molecule has 1 fully saturated rings. The van der Waals surface area contributed by atoms with Crippen LogP contribution < -0.4 is 6.15 Å². The zero-order valence-electron chi connectivity index (χ0n) is 5.45. The summed E-state index contributed by atoms with van der Waals surface area (Å²) >= 11 is 0. The van der Waals surface area contributed by atoms with Crippen molar-refractivity contribution in [3.63, 3.8) is 0 Å². The highest BCUT2D eigenvalue weighted by molar-refractivity contribution is 4.51. The monoisotopic (exact) mass is 119 g/mol. The standard InChI is InChI=1S/C6H12.H3N.H2O/c1-2-4-6-5-3-1;;/h1-6H2;1H3;1H2. The van der Waals surface area contributed by atoms with Gasteiger partial charge >= 0.3 is 0 Å². The van der Waals surface area contributed by atoms with Crippen molar-refractivity contribution in [2.24, 2.45) is 0 Å². The molecule has 2 heteroatoms. The minimum atomic E-state index is 0. The molecule has 0 aromatic rings. The molecule has 0 radical (unpaired) electrons. The van der Waals surface area contributed by atoms with Gasteiger partial charge in [0.2, 0.25) is 0 Å². The molecule has 1 rings (SSSR count). The summed E-state index contributed by atoms with van der Waals surface area (Å²) in [5.41, 5.74) is 0. The molecule has 5 N–H and O–H groups in total. The Morgan fingerprint density at radius 1 is 0.500 bits per heavy atom. The molecule has 0 spiro atoms. The Labute approximate surface area is 51.2 Å². The van der Waals surface area contributed by atoms with Crippen molar-refractivity contribution in [1.29, 1.82) is 0 Å². The first kappa shape index (κ1) is 10.8. The molecule has 1 aliphatic rings. The van der Waals surface area contributed by atoms with Crippen LogP contribution in [0, 0.1) is 0 Å². The SMILES string of the molecule is C1CCCCC1.N.O. The summed E-state index contributed by atoms with van der Waals surface area (Å²) in [6.07, 6.45) is 9.00. The van der Waals surface area contributed by atoms with Crippen LogP contribution in [0.1, 0.15) is 38.5 Å². The van der Waals surface area contributed by atoms with Crippen molar-refractivity contribution >= 4 is 0 Å². The van der Waals surface area contributed by atoms with Crippen LogP contribution in [0.2, 0.25) is 0 Å². The van der Waals surface area contributed by atoms with Gasteiger partial charge in [-0.15, -0.1) is 0 Å². The van der Waals surface area contributed by atoms with Crippen LogP contribution in [0.25, 0.3) is 0 Å². The minimum absolute atomic E-state index is 0. The lowest BCUT2D eigenvalue weighted by Gasteiger charge is -2.05. The Balaban J connectivity index is 0. The van der Waals surface area contributed by atoms with Crippen LogP contribution in [0.5, 0.6) is 0 Å². The van der Waals surface area contributed by atoms with Crippen molar-refractivity contribution in [3.8, 4) is 0 Å². The quantitative estimate of drug-likeness (QED) is 0.518. The van der Waals surface area contributed by atoms with E-state index in [0.29, 0.717) is 0 Å². The van der Waals surface area contributed by atoms with E-state index in [0.717, 1.165) is 0 Å². The van der Waals surface area contributed by atoms with E-state index in [1.54, 1.807) is 0 Å². The molecule has 52 valence electrons. The highest BCUT2D eigenvalue weighted by atomic mass is 16.0. The number of hydrogen-bond acceptors (Lipinski definition) is 1. The molecule has 0 saturated heterocycles. The topological polar surface area (TPSA) is 66.5 Å². The second-order valence-corrected chi connectivity index (χ2v) is 2.12. The molecule has 0 heterocycles. The van der Waals surface area contributed by atoms with E-state index >= 15 is 0 Å². The molecular formula is C6H17NO. The molecule has 1 saturated carbocycles. The summed E-state index contributed by atoms with van der Waals surface area (Å²) < 4.78 is 0. The average molecular weight is 119 g/mol. The molecule has 0 unspecified atom stereocenters. The van der Waals surface area contributed by atoms with Gasteiger partial charge in [-0.05, 0) is 0 Å². The van der Waals surface area contributed by atoms with Crippen LogP contribution >= 0.6 is 0 Å². The van der Waals surface area contributed by atoms with E-state index < -0.39 is 0 Å². The third-order valence-electron chi connectivity index (χ3n) is 1.50. The van der Waals surface area contributed by atoms with Crippen LogP contribution in [0.4, 0.5) is 0 Å². The van der Waals surface area contributed by atoms with Crippen molar-refractivity contribution in [2.75, 3.05) is 0 Å². The molecule has 0 amide bonds. The molecular weight excluding hydrogens is 102 g/mol. The van der Waals surface area contributed by atoms with Gasteiger partial charge in [0.25, 0.3) is 0 Å². The predicted molar refractivity (Wildman–Crippen MR) is 36.3 cm³/mol. The van der Waals surface area contributed by atoms with Crippen LogP contribution in [0.3, 0.4) is 0 Å². The van der Waals surface area contributed by atoms with E-state index in [1.807, 2.05) is 0 Å². The Hall–Kier alpha value is -0.0800. The van der Waals surface area contributed by atoms with E-state index in [9.17, 15) is 0 Å². The summed E-state index contributed by atoms with van der Waals surface area (Å²) in [6, 6.07) is 0. The third-order valence-corrected chi connectivity index (χ3v) is 1.50. The molecule has 0 atom stereocenters. The van der Waals surface area contributed by atoms with Gasteiger partial charge in [0.15, 0.2) is 0 Å². The zero-order valence-corrected chi connectivity index (χ0v) is 5.45. The van der Waals surface area contributed by atoms with Gasteiger partial charge in [-0.3, -0.25) is 0 Å². The van der Waals surface area contributed by atoms with Crippen LogP contribution in [-0.4, -0.2) is 5.48 Å². The van der Waals surface area contributed by atoms with Gasteiger partial charge in [0, 0.05) is 0 Å². The lowest BCUT2D eigenvalue weighted by molar-refractivity contribution is 0.504. The highest BCUT2D eigenvalue weighted by Gasteiger charge is 1.95. The molecule has 2 nitrogen and oxygen atoms in total. The van der Waals surface area contributed by atoms with Gasteiger partial charge in [0.05, 0.1) is 0 Å². The predicted octanol–water partition coefficient (Wildman–Crippen LogP) is 1.68. The summed E-state index contributed by atoms with van der Waals surface area (Å²) in [5.74, 6) is 0. The van der Waals surface area contributed by atoms with Crippen molar-refractivity contribution < 1.29 is 5.48 Å². The summed E-state index contributed by atoms with van der Waals surface area (Å²) in [6.45, 7) is 0. The van der Waals surface area contributed by atoms with E-state index in [-0.39, 0.29) is 11.6 Å². The molecule has 1 aliphatic carbocycles. The van der Waals surface area contributed by atoms with Gasteiger partial charge in [-0.1, -0.05) is 38.5 Å². The lowest BCUT2D eigenvalue weighted by atomic mass is 10.0. The molecule has 0 bridgehead atoms. The van der Waals surface area contributed by atoms with Gasteiger partial charge < -0.3 is 11.6 Å². The van der Waals surface area contributed by atoms with Gasteiger partial charge in [-0.25, -0.2) is 0 Å². The lowest BCUT2D eigenvalue weighted by Crippen LogP contribution is -1.85. The van der Waals surface area contributed by atoms with Crippen molar-refractivity contribution in [2.45, 2.75) is 38.5 Å². The normalized spacial score (nSPS) is 18.0. The maximum atomic E-state index is 1.50. The van der Waals surface area contributed by atoms with E-state index in [4.69, 9.17) is 0 Å². The first-order valence-corrected chi connectivity index (χ1v) is 3.00.